The maximum Gasteiger partial charge on any atom is 0.224 e. The van der Waals surface area contributed by atoms with Crippen LogP contribution in [-0.4, -0.2) is 30.7 Å². The van der Waals surface area contributed by atoms with Crippen molar-refractivity contribution in [3.05, 3.63) is 58.7 Å². The molecule has 0 saturated carbocycles. The first-order valence-corrected chi connectivity index (χ1v) is 10.6. The zero-order valence-corrected chi connectivity index (χ0v) is 17.0. The molecular weight excluding hydrogens is 380 g/mol. The summed E-state index contributed by atoms with van der Waals surface area (Å²) in [6.07, 6.45) is 4.85. The number of hydrogen-bond donors (Lipinski definition) is 2. The average Bonchev–Trinajstić information content (AvgIpc) is 3.23. The summed E-state index contributed by atoms with van der Waals surface area (Å²) in [4.78, 5) is 35.8. The van der Waals surface area contributed by atoms with Crippen molar-refractivity contribution in [2.75, 3.05) is 18.5 Å². The Morgan fingerprint density at radius 1 is 0.933 bits per heavy atom. The number of nitrogens with one attached hydrogen (secondary N) is 2. The number of aryl methyl sites for hydroxylation is 3. The molecule has 2 N–H and O–H groups in total. The first-order valence-electron chi connectivity index (χ1n) is 10.6. The molecule has 4 rings (SSSR count). The molecule has 2 aromatic rings. The van der Waals surface area contributed by atoms with E-state index >= 15 is 0 Å². The Morgan fingerprint density at radius 3 is 2.70 bits per heavy atom. The van der Waals surface area contributed by atoms with Crippen LogP contribution in [0.1, 0.15) is 52.7 Å². The van der Waals surface area contributed by atoms with E-state index in [9.17, 15) is 14.4 Å². The van der Waals surface area contributed by atoms with Gasteiger partial charge in [-0.05, 0) is 66.6 Å². The largest absolute Gasteiger partial charge is 0.492 e. The van der Waals surface area contributed by atoms with Gasteiger partial charge >= 0.3 is 0 Å². The quantitative estimate of drug-likeness (QED) is 0.521. The minimum Gasteiger partial charge on any atom is -0.492 e. The Labute approximate surface area is 176 Å². The van der Waals surface area contributed by atoms with E-state index in [-0.39, 0.29) is 30.4 Å². The summed E-state index contributed by atoms with van der Waals surface area (Å²) in [6.45, 7) is 0.718. The van der Waals surface area contributed by atoms with Gasteiger partial charge in [-0.25, -0.2) is 0 Å². The third kappa shape index (κ3) is 4.87. The molecule has 2 amide bonds. The molecule has 6 heteroatoms. The highest BCUT2D eigenvalue weighted by molar-refractivity contribution is 5.98. The molecule has 0 saturated heterocycles. The van der Waals surface area contributed by atoms with Crippen molar-refractivity contribution >= 4 is 23.3 Å². The maximum absolute atomic E-state index is 12.4. The van der Waals surface area contributed by atoms with Gasteiger partial charge in [-0.2, -0.15) is 0 Å². The standard InChI is InChI=1S/C24H26N2O4/c27-22(19-5-4-16-2-1-3-17(16)14-19)9-11-23(28)25-12-13-30-20-7-8-21-18(15-20)6-10-24(29)26-21/h4-5,7-8,14-15H,1-3,6,9-13H2,(H,25,28)(H,26,29). The van der Waals surface area contributed by atoms with Gasteiger partial charge in [0.05, 0.1) is 6.54 Å². The highest BCUT2D eigenvalue weighted by Gasteiger charge is 2.16. The van der Waals surface area contributed by atoms with Crippen molar-refractivity contribution < 1.29 is 19.1 Å². The van der Waals surface area contributed by atoms with E-state index in [0.717, 1.165) is 30.5 Å². The van der Waals surface area contributed by atoms with E-state index in [1.807, 2.05) is 36.4 Å². The second-order valence-corrected chi connectivity index (χ2v) is 7.83. The van der Waals surface area contributed by atoms with E-state index in [2.05, 4.69) is 10.6 Å². The van der Waals surface area contributed by atoms with Crippen molar-refractivity contribution in [1.29, 1.82) is 0 Å². The summed E-state index contributed by atoms with van der Waals surface area (Å²) in [6, 6.07) is 11.5. The smallest absolute Gasteiger partial charge is 0.224 e. The molecule has 0 unspecified atom stereocenters. The Balaban J connectivity index is 1.17. The zero-order valence-electron chi connectivity index (χ0n) is 17.0. The van der Waals surface area contributed by atoms with Crippen molar-refractivity contribution in [2.24, 2.45) is 0 Å². The van der Waals surface area contributed by atoms with Crippen molar-refractivity contribution in [3.8, 4) is 5.75 Å². The fourth-order valence-electron chi connectivity index (χ4n) is 4.01. The molecule has 1 aliphatic carbocycles. The fraction of sp³-hybridized carbons (Fsp3) is 0.375. The lowest BCUT2D eigenvalue weighted by Crippen LogP contribution is -2.28. The second-order valence-electron chi connectivity index (χ2n) is 7.83. The molecule has 0 radical (unpaired) electrons. The average molecular weight is 406 g/mol. The van der Waals surface area contributed by atoms with Gasteiger partial charge in [-0.1, -0.05) is 12.1 Å². The number of rotatable bonds is 8. The van der Waals surface area contributed by atoms with Gasteiger partial charge in [-0.15, -0.1) is 0 Å². The molecule has 6 nitrogen and oxygen atoms in total. The van der Waals surface area contributed by atoms with Gasteiger partial charge in [0.2, 0.25) is 11.8 Å². The van der Waals surface area contributed by atoms with Crippen LogP contribution in [0.5, 0.6) is 5.75 Å². The van der Waals surface area contributed by atoms with Gasteiger partial charge in [0, 0.05) is 30.5 Å². The lowest BCUT2D eigenvalue weighted by molar-refractivity contribution is -0.121. The predicted molar refractivity (Wildman–Crippen MR) is 114 cm³/mol. The van der Waals surface area contributed by atoms with E-state index in [1.165, 1.54) is 11.1 Å². The predicted octanol–water partition coefficient (Wildman–Crippen LogP) is 3.22. The van der Waals surface area contributed by atoms with Gasteiger partial charge < -0.3 is 15.4 Å². The van der Waals surface area contributed by atoms with Crippen LogP contribution in [0.25, 0.3) is 0 Å². The number of ketones is 1. The van der Waals surface area contributed by atoms with Crippen LogP contribution < -0.4 is 15.4 Å². The van der Waals surface area contributed by atoms with Crippen molar-refractivity contribution in [1.82, 2.24) is 5.32 Å². The highest BCUT2D eigenvalue weighted by Crippen LogP contribution is 2.27. The summed E-state index contributed by atoms with van der Waals surface area (Å²) < 4.78 is 5.69. The van der Waals surface area contributed by atoms with Crippen molar-refractivity contribution in [2.45, 2.75) is 44.9 Å². The van der Waals surface area contributed by atoms with Crippen molar-refractivity contribution in [3.63, 3.8) is 0 Å². The van der Waals surface area contributed by atoms with Gasteiger partial charge in [0.1, 0.15) is 12.4 Å². The van der Waals surface area contributed by atoms with Crippen LogP contribution in [0.3, 0.4) is 0 Å². The number of hydrogen-bond acceptors (Lipinski definition) is 4. The molecule has 2 aromatic carbocycles. The Morgan fingerprint density at radius 2 is 1.80 bits per heavy atom. The first-order chi connectivity index (χ1) is 14.6. The topological polar surface area (TPSA) is 84.5 Å². The van der Waals surface area contributed by atoms with Crippen LogP contribution in [0.4, 0.5) is 5.69 Å². The number of anilines is 1. The molecule has 0 atom stereocenters. The van der Waals surface area contributed by atoms with Crippen LogP contribution in [0, 0.1) is 0 Å². The molecule has 0 aromatic heterocycles. The summed E-state index contributed by atoms with van der Waals surface area (Å²) in [7, 11) is 0. The molecule has 0 bridgehead atoms. The van der Waals surface area contributed by atoms with Crippen LogP contribution in [0.15, 0.2) is 36.4 Å². The number of carbonyl (C=O) groups excluding carboxylic acids is 3. The third-order valence-electron chi connectivity index (χ3n) is 5.66. The lowest BCUT2D eigenvalue weighted by atomic mass is 10.0. The number of amides is 2. The van der Waals surface area contributed by atoms with E-state index < -0.39 is 0 Å². The van der Waals surface area contributed by atoms with Gasteiger partial charge in [-0.3, -0.25) is 14.4 Å². The molecule has 156 valence electrons. The number of Topliss-reactive ketones (excluding diaryl/α,β-unsaturated/α-hetero) is 1. The Kier molecular flexibility index (Phi) is 6.12. The summed E-state index contributed by atoms with van der Waals surface area (Å²) >= 11 is 0. The van der Waals surface area contributed by atoms with Crippen LogP contribution >= 0.6 is 0 Å². The summed E-state index contributed by atoms with van der Waals surface area (Å²) in [5.74, 6) is 0.609. The lowest BCUT2D eigenvalue weighted by Gasteiger charge is -2.17. The summed E-state index contributed by atoms with van der Waals surface area (Å²) in [5.41, 5.74) is 5.21. The monoisotopic (exact) mass is 406 g/mol. The Hall–Kier alpha value is -3.15. The maximum atomic E-state index is 12.4. The Bertz CT molecular complexity index is 983. The molecular formula is C24H26N2O4. The molecule has 0 fully saturated rings. The number of ether oxygens (including phenoxy) is 1. The zero-order chi connectivity index (χ0) is 20.9. The first kappa shape index (κ1) is 20.1. The fourth-order valence-corrected chi connectivity index (χ4v) is 4.01. The minimum absolute atomic E-state index is 0.0113. The van der Waals surface area contributed by atoms with Crippen LogP contribution in [0.2, 0.25) is 0 Å². The van der Waals surface area contributed by atoms with Gasteiger partial charge in [0.15, 0.2) is 5.78 Å². The minimum atomic E-state index is -0.152. The molecule has 2 aliphatic rings. The number of benzene rings is 2. The normalized spacial score (nSPS) is 14.5. The molecule has 30 heavy (non-hydrogen) atoms. The SMILES string of the molecule is O=C(CCC(=O)c1ccc2c(c1)CCC2)NCCOc1ccc2c(c1)CCC(=O)N2. The molecule has 1 aliphatic heterocycles. The number of fused-ring (bicyclic) bond motifs is 2. The van der Waals surface area contributed by atoms with E-state index in [1.54, 1.807) is 0 Å². The number of carbonyl (C=O) groups is 3. The molecule has 0 spiro atoms. The highest BCUT2D eigenvalue weighted by atomic mass is 16.5. The van der Waals surface area contributed by atoms with Gasteiger partial charge in [0.25, 0.3) is 0 Å². The van der Waals surface area contributed by atoms with Crippen LogP contribution in [-0.2, 0) is 28.9 Å². The summed E-state index contributed by atoms with van der Waals surface area (Å²) in [5, 5.41) is 5.63. The third-order valence-corrected chi connectivity index (χ3v) is 5.66. The van der Waals surface area contributed by atoms with E-state index in [0.29, 0.717) is 37.3 Å². The molecule has 1 heterocycles. The van der Waals surface area contributed by atoms with E-state index in [4.69, 9.17) is 4.74 Å². The second kappa shape index (κ2) is 9.11.